The number of thiazole rings is 1. The van der Waals surface area contributed by atoms with E-state index in [0.29, 0.717) is 6.04 Å². The van der Waals surface area contributed by atoms with Crippen LogP contribution in [0.2, 0.25) is 0 Å². The van der Waals surface area contributed by atoms with E-state index in [2.05, 4.69) is 22.2 Å². The summed E-state index contributed by atoms with van der Waals surface area (Å²) in [4.78, 5) is 8.66. The summed E-state index contributed by atoms with van der Waals surface area (Å²) in [6.07, 6.45) is 3.82. The molecule has 2 aliphatic rings. The highest BCUT2D eigenvalue weighted by Gasteiger charge is 2.39. The Bertz CT molecular complexity index is 360. The van der Waals surface area contributed by atoms with Crippen molar-refractivity contribution >= 4 is 16.5 Å². The lowest BCUT2D eigenvalue weighted by molar-refractivity contribution is 0.226. The van der Waals surface area contributed by atoms with Crippen molar-refractivity contribution in [3.63, 3.8) is 0 Å². The molecule has 3 heterocycles. The first-order chi connectivity index (χ1) is 6.79. The lowest BCUT2D eigenvalue weighted by Gasteiger charge is -2.29. The van der Waals surface area contributed by atoms with Gasteiger partial charge in [-0.05, 0) is 19.9 Å². The highest BCUT2D eigenvalue weighted by atomic mass is 32.1. The SMILES string of the molecule is CNc1nc2c(s1)C1CCC(C2)N1C. The summed E-state index contributed by atoms with van der Waals surface area (Å²) in [7, 11) is 4.20. The molecule has 0 aliphatic carbocycles. The van der Waals surface area contributed by atoms with Crippen LogP contribution in [0.25, 0.3) is 0 Å². The van der Waals surface area contributed by atoms with E-state index in [9.17, 15) is 0 Å². The van der Waals surface area contributed by atoms with E-state index in [1.54, 1.807) is 0 Å². The Morgan fingerprint density at radius 2 is 2.36 bits per heavy atom. The highest BCUT2D eigenvalue weighted by molar-refractivity contribution is 7.15. The number of aromatic nitrogens is 1. The quantitative estimate of drug-likeness (QED) is 0.765. The van der Waals surface area contributed by atoms with E-state index in [0.717, 1.165) is 17.6 Å². The topological polar surface area (TPSA) is 28.2 Å². The van der Waals surface area contributed by atoms with Crippen LogP contribution in [-0.2, 0) is 6.42 Å². The van der Waals surface area contributed by atoms with Gasteiger partial charge in [-0.1, -0.05) is 0 Å². The Morgan fingerprint density at radius 1 is 1.50 bits per heavy atom. The van der Waals surface area contributed by atoms with Gasteiger partial charge in [0.25, 0.3) is 0 Å². The van der Waals surface area contributed by atoms with Crippen LogP contribution in [0.4, 0.5) is 5.13 Å². The van der Waals surface area contributed by atoms with Crippen molar-refractivity contribution in [1.29, 1.82) is 0 Å². The van der Waals surface area contributed by atoms with Gasteiger partial charge in [0.2, 0.25) is 0 Å². The molecule has 3 rings (SSSR count). The maximum Gasteiger partial charge on any atom is 0.182 e. The molecule has 3 nitrogen and oxygen atoms in total. The van der Waals surface area contributed by atoms with Gasteiger partial charge in [0.15, 0.2) is 5.13 Å². The molecule has 0 spiro atoms. The number of nitrogens with zero attached hydrogens (tertiary/aromatic N) is 2. The van der Waals surface area contributed by atoms with Crippen molar-refractivity contribution in [2.24, 2.45) is 0 Å². The Hall–Kier alpha value is -0.610. The van der Waals surface area contributed by atoms with Crippen molar-refractivity contribution in [2.75, 3.05) is 19.4 Å². The summed E-state index contributed by atoms with van der Waals surface area (Å²) in [5.74, 6) is 0. The second kappa shape index (κ2) is 2.94. The minimum atomic E-state index is 0.656. The molecule has 1 aromatic heterocycles. The largest absolute Gasteiger partial charge is 0.365 e. The van der Waals surface area contributed by atoms with Gasteiger partial charge in [0.1, 0.15) is 0 Å². The van der Waals surface area contributed by atoms with Gasteiger partial charge in [-0.25, -0.2) is 4.98 Å². The molecule has 0 amide bonds. The molecule has 2 atom stereocenters. The number of nitrogens with one attached hydrogen (secondary N) is 1. The first-order valence-electron chi connectivity index (χ1n) is 5.19. The van der Waals surface area contributed by atoms with Crippen molar-refractivity contribution in [1.82, 2.24) is 9.88 Å². The summed E-state index contributed by atoms with van der Waals surface area (Å²) < 4.78 is 0. The van der Waals surface area contributed by atoms with Gasteiger partial charge >= 0.3 is 0 Å². The van der Waals surface area contributed by atoms with Gasteiger partial charge in [-0.15, -0.1) is 11.3 Å². The molecule has 1 aromatic rings. The predicted molar refractivity (Wildman–Crippen MR) is 58.9 cm³/mol. The molecule has 1 N–H and O–H groups in total. The second-order valence-corrected chi connectivity index (χ2v) is 5.23. The third-order valence-electron chi connectivity index (χ3n) is 3.51. The summed E-state index contributed by atoms with van der Waals surface area (Å²) >= 11 is 1.83. The highest BCUT2D eigenvalue weighted by Crippen LogP contribution is 2.45. The maximum atomic E-state index is 4.63. The summed E-state index contributed by atoms with van der Waals surface area (Å²) in [5.41, 5.74) is 1.35. The fourth-order valence-electron chi connectivity index (χ4n) is 2.67. The smallest absolute Gasteiger partial charge is 0.182 e. The fraction of sp³-hybridized carbons (Fsp3) is 0.700. The van der Waals surface area contributed by atoms with Crippen LogP contribution in [0.15, 0.2) is 0 Å². The van der Waals surface area contributed by atoms with Crippen LogP contribution in [0.5, 0.6) is 0 Å². The van der Waals surface area contributed by atoms with E-state index < -0.39 is 0 Å². The van der Waals surface area contributed by atoms with E-state index in [1.165, 1.54) is 23.4 Å². The number of fused-ring (bicyclic) bond motifs is 4. The molecule has 4 heteroatoms. The van der Waals surface area contributed by atoms with Gasteiger partial charge < -0.3 is 5.32 Å². The van der Waals surface area contributed by atoms with E-state index in [-0.39, 0.29) is 0 Å². The van der Waals surface area contributed by atoms with Crippen molar-refractivity contribution < 1.29 is 0 Å². The third kappa shape index (κ3) is 1.04. The average molecular weight is 209 g/mol. The molecule has 14 heavy (non-hydrogen) atoms. The van der Waals surface area contributed by atoms with E-state index >= 15 is 0 Å². The molecular weight excluding hydrogens is 194 g/mol. The lowest BCUT2D eigenvalue weighted by atomic mass is 10.1. The Morgan fingerprint density at radius 3 is 3.14 bits per heavy atom. The summed E-state index contributed by atoms with van der Waals surface area (Å²) in [5, 5.41) is 4.23. The van der Waals surface area contributed by atoms with E-state index in [1.807, 2.05) is 18.4 Å². The average Bonchev–Trinajstić information content (AvgIpc) is 2.69. The molecule has 2 unspecified atom stereocenters. The standard InChI is InChI=1S/C10H15N3S/c1-11-10-12-7-5-6-3-4-8(13(6)2)9(7)14-10/h6,8H,3-5H2,1-2H3,(H,11,12). The third-order valence-corrected chi connectivity index (χ3v) is 4.73. The monoisotopic (exact) mass is 209 g/mol. The van der Waals surface area contributed by atoms with Gasteiger partial charge in [0, 0.05) is 30.4 Å². The molecule has 1 saturated heterocycles. The van der Waals surface area contributed by atoms with E-state index in [4.69, 9.17) is 0 Å². The van der Waals surface area contributed by atoms with Crippen molar-refractivity contribution in [3.05, 3.63) is 10.6 Å². The molecule has 1 fully saturated rings. The minimum Gasteiger partial charge on any atom is -0.365 e. The summed E-state index contributed by atoms with van der Waals surface area (Å²) in [6.45, 7) is 0. The van der Waals surface area contributed by atoms with Gasteiger partial charge in [0.05, 0.1) is 5.69 Å². The second-order valence-electron chi connectivity index (χ2n) is 4.20. The fourth-order valence-corrected chi connectivity index (χ4v) is 3.81. The summed E-state index contributed by atoms with van der Waals surface area (Å²) in [6, 6.07) is 1.41. The van der Waals surface area contributed by atoms with Crippen LogP contribution in [0, 0.1) is 0 Å². The van der Waals surface area contributed by atoms with Crippen LogP contribution < -0.4 is 5.32 Å². The zero-order chi connectivity index (χ0) is 9.71. The normalized spacial score (nSPS) is 30.4. The van der Waals surface area contributed by atoms with Crippen molar-refractivity contribution in [2.45, 2.75) is 31.3 Å². The lowest BCUT2D eigenvalue weighted by Crippen LogP contribution is -2.33. The van der Waals surface area contributed by atoms with Crippen LogP contribution in [0.1, 0.15) is 29.5 Å². The Kier molecular flexibility index (Phi) is 1.82. The number of rotatable bonds is 1. The molecule has 0 aromatic carbocycles. The number of hydrogen-bond acceptors (Lipinski definition) is 4. The Balaban J connectivity index is 2.05. The number of anilines is 1. The van der Waals surface area contributed by atoms with Crippen LogP contribution in [-0.4, -0.2) is 30.0 Å². The predicted octanol–water partition coefficient (Wildman–Crippen LogP) is 1.88. The van der Waals surface area contributed by atoms with Gasteiger partial charge in [-0.2, -0.15) is 0 Å². The van der Waals surface area contributed by atoms with Crippen molar-refractivity contribution in [3.8, 4) is 0 Å². The molecular formula is C10H15N3S. The molecule has 0 saturated carbocycles. The molecule has 76 valence electrons. The zero-order valence-electron chi connectivity index (χ0n) is 8.58. The Labute approximate surface area is 88.1 Å². The molecule has 2 bridgehead atoms. The first-order valence-corrected chi connectivity index (χ1v) is 6.00. The van der Waals surface area contributed by atoms with Crippen LogP contribution >= 0.6 is 11.3 Å². The first kappa shape index (κ1) is 8.68. The van der Waals surface area contributed by atoms with Crippen LogP contribution in [0.3, 0.4) is 0 Å². The molecule has 0 radical (unpaired) electrons. The number of likely N-dealkylation sites (N-methyl/N-ethyl adjacent to an activating group) is 1. The maximum absolute atomic E-state index is 4.63. The zero-order valence-corrected chi connectivity index (χ0v) is 9.40. The number of hydrogen-bond donors (Lipinski definition) is 1. The minimum absolute atomic E-state index is 0.656. The molecule has 2 aliphatic heterocycles. The van der Waals surface area contributed by atoms with Gasteiger partial charge in [-0.3, -0.25) is 4.90 Å².